The molecule has 0 spiro atoms. The Hall–Kier alpha value is -2.51. The van der Waals surface area contributed by atoms with Crippen LogP contribution in [0.3, 0.4) is 0 Å². The van der Waals surface area contributed by atoms with E-state index >= 15 is 0 Å². The number of hydrogen-bond acceptors (Lipinski definition) is 5. The Morgan fingerprint density at radius 3 is 2.76 bits per heavy atom. The molecule has 7 nitrogen and oxygen atoms in total. The molecule has 1 aromatic heterocycles. The van der Waals surface area contributed by atoms with E-state index < -0.39 is 0 Å². The first kappa shape index (κ1) is 17.3. The second kappa shape index (κ2) is 8.04. The zero-order chi connectivity index (χ0) is 17.6. The molecule has 3 rings (SSSR count). The van der Waals surface area contributed by atoms with Crippen molar-refractivity contribution in [3.05, 3.63) is 64.1 Å². The SMILES string of the molecule is CN1CCN(CCNC(=O)c2ccc(=O)[nH]n2)[C@@H](c2ccccc2)C1. The number of nitrogens with one attached hydrogen (secondary N) is 2. The van der Waals surface area contributed by atoms with Crippen LogP contribution in [0.25, 0.3) is 0 Å². The van der Waals surface area contributed by atoms with Gasteiger partial charge in [-0.2, -0.15) is 5.10 Å². The summed E-state index contributed by atoms with van der Waals surface area (Å²) in [5.74, 6) is -0.276. The number of rotatable bonds is 5. The third-order valence-electron chi connectivity index (χ3n) is 4.48. The van der Waals surface area contributed by atoms with Gasteiger partial charge in [0.1, 0.15) is 5.69 Å². The molecule has 1 saturated heterocycles. The number of likely N-dealkylation sites (N-methyl/N-ethyl adjacent to an activating group) is 1. The highest BCUT2D eigenvalue weighted by Gasteiger charge is 2.26. The number of carbonyl (C=O) groups is 1. The molecule has 1 atom stereocenters. The van der Waals surface area contributed by atoms with E-state index in [0.29, 0.717) is 12.6 Å². The van der Waals surface area contributed by atoms with Crippen molar-refractivity contribution in [2.45, 2.75) is 6.04 Å². The van der Waals surface area contributed by atoms with Gasteiger partial charge < -0.3 is 10.2 Å². The van der Waals surface area contributed by atoms with Gasteiger partial charge in [0.2, 0.25) is 0 Å². The Morgan fingerprint density at radius 2 is 2.04 bits per heavy atom. The van der Waals surface area contributed by atoms with E-state index in [0.717, 1.165) is 26.2 Å². The van der Waals surface area contributed by atoms with Gasteiger partial charge in [-0.05, 0) is 18.7 Å². The number of nitrogens with zero attached hydrogens (tertiary/aromatic N) is 3. The molecule has 0 radical (unpaired) electrons. The average Bonchev–Trinajstić information content (AvgIpc) is 2.64. The number of amides is 1. The van der Waals surface area contributed by atoms with Crippen molar-refractivity contribution in [3.8, 4) is 0 Å². The maximum atomic E-state index is 12.1. The van der Waals surface area contributed by atoms with Crippen molar-refractivity contribution < 1.29 is 4.79 Å². The molecule has 25 heavy (non-hydrogen) atoms. The summed E-state index contributed by atoms with van der Waals surface area (Å²) in [6.07, 6.45) is 0. The van der Waals surface area contributed by atoms with Crippen molar-refractivity contribution in [2.75, 3.05) is 39.8 Å². The Bertz CT molecular complexity index is 741. The predicted octanol–water partition coefficient (Wildman–Crippen LogP) is 0.488. The minimum atomic E-state index is -0.320. The van der Waals surface area contributed by atoms with Crippen LogP contribution < -0.4 is 10.9 Å². The first-order valence-corrected chi connectivity index (χ1v) is 8.45. The maximum Gasteiger partial charge on any atom is 0.271 e. The fraction of sp³-hybridized carbons (Fsp3) is 0.389. The number of aromatic amines is 1. The molecule has 2 aromatic rings. The van der Waals surface area contributed by atoms with E-state index in [1.165, 1.54) is 17.7 Å². The summed E-state index contributed by atoms with van der Waals surface area (Å²) in [5, 5.41) is 8.89. The Kier molecular flexibility index (Phi) is 5.57. The lowest BCUT2D eigenvalue weighted by molar-refractivity contribution is 0.0840. The van der Waals surface area contributed by atoms with Gasteiger partial charge in [0.15, 0.2) is 0 Å². The van der Waals surface area contributed by atoms with E-state index in [9.17, 15) is 9.59 Å². The van der Waals surface area contributed by atoms with E-state index in [1.54, 1.807) is 0 Å². The fourth-order valence-corrected chi connectivity index (χ4v) is 3.09. The predicted molar refractivity (Wildman–Crippen MR) is 95.4 cm³/mol. The van der Waals surface area contributed by atoms with Gasteiger partial charge in [0, 0.05) is 44.8 Å². The molecule has 132 valence electrons. The van der Waals surface area contributed by atoms with Crippen molar-refractivity contribution in [1.29, 1.82) is 0 Å². The van der Waals surface area contributed by atoms with Crippen LogP contribution in [0.15, 0.2) is 47.3 Å². The summed E-state index contributed by atoms with van der Waals surface area (Å²) >= 11 is 0. The molecule has 1 amide bonds. The summed E-state index contributed by atoms with van der Waals surface area (Å²) < 4.78 is 0. The lowest BCUT2D eigenvalue weighted by atomic mass is 10.0. The quantitative estimate of drug-likeness (QED) is 0.827. The number of aromatic nitrogens is 2. The van der Waals surface area contributed by atoms with Crippen LogP contribution in [0.1, 0.15) is 22.1 Å². The zero-order valence-corrected chi connectivity index (χ0v) is 14.3. The monoisotopic (exact) mass is 341 g/mol. The zero-order valence-electron chi connectivity index (χ0n) is 14.3. The van der Waals surface area contributed by atoms with E-state index in [2.05, 4.69) is 56.6 Å². The molecule has 0 aliphatic carbocycles. The lowest BCUT2D eigenvalue weighted by Gasteiger charge is -2.40. The molecule has 0 unspecified atom stereocenters. The standard InChI is InChI=1S/C18H23N5O2/c1-22-11-12-23(16(13-22)14-5-3-2-4-6-14)10-9-19-18(25)15-7-8-17(24)21-20-15/h2-8,16H,9-13H2,1H3,(H,19,25)(H,21,24)/t16-/m1/s1. The Balaban J connectivity index is 1.58. The number of H-pyrrole nitrogens is 1. The van der Waals surface area contributed by atoms with Gasteiger partial charge in [-0.3, -0.25) is 14.5 Å². The molecule has 0 bridgehead atoms. The minimum Gasteiger partial charge on any atom is -0.349 e. The van der Waals surface area contributed by atoms with Gasteiger partial charge >= 0.3 is 0 Å². The highest BCUT2D eigenvalue weighted by Crippen LogP contribution is 2.24. The summed E-state index contributed by atoms with van der Waals surface area (Å²) in [5.41, 5.74) is 1.19. The normalized spacial score (nSPS) is 18.8. The lowest BCUT2D eigenvalue weighted by Crippen LogP contribution is -2.49. The van der Waals surface area contributed by atoms with Crippen LogP contribution in [-0.2, 0) is 0 Å². The van der Waals surface area contributed by atoms with E-state index in [1.807, 2.05) is 6.07 Å². The highest BCUT2D eigenvalue weighted by molar-refractivity contribution is 5.91. The summed E-state index contributed by atoms with van der Waals surface area (Å²) in [7, 11) is 2.14. The fourth-order valence-electron chi connectivity index (χ4n) is 3.09. The van der Waals surface area contributed by atoms with Gasteiger partial charge in [-0.1, -0.05) is 30.3 Å². The Morgan fingerprint density at radius 1 is 1.24 bits per heavy atom. The molecule has 1 aliphatic rings. The van der Waals surface area contributed by atoms with E-state index in [-0.39, 0.29) is 17.2 Å². The topological polar surface area (TPSA) is 81.3 Å². The maximum absolute atomic E-state index is 12.1. The van der Waals surface area contributed by atoms with Crippen LogP contribution in [0, 0.1) is 0 Å². The van der Waals surface area contributed by atoms with Gasteiger partial charge in [-0.15, -0.1) is 0 Å². The average molecular weight is 341 g/mol. The number of carbonyl (C=O) groups excluding carboxylic acids is 1. The number of hydrogen-bond donors (Lipinski definition) is 2. The molecular formula is C18H23N5O2. The molecule has 1 aliphatic heterocycles. The van der Waals surface area contributed by atoms with Gasteiger partial charge in [-0.25, -0.2) is 5.10 Å². The largest absolute Gasteiger partial charge is 0.349 e. The van der Waals surface area contributed by atoms with Crippen molar-refractivity contribution in [2.24, 2.45) is 0 Å². The van der Waals surface area contributed by atoms with Crippen molar-refractivity contribution >= 4 is 5.91 Å². The van der Waals surface area contributed by atoms with Crippen LogP contribution in [0.5, 0.6) is 0 Å². The molecule has 1 fully saturated rings. The number of benzene rings is 1. The minimum absolute atomic E-state index is 0.220. The van der Waals surface area contributed by atoms with Gasteiger partial charge in [0.05, 0.1) is 0 Å². The third-order valence-corrected chi connectivity index (χ3v) is 4.48. The van der Waals surface area contributed by atoms with Crippen LogP contribution in [0.4, 0.5) is 0 Å². The number of piperazine rings is 1. The van der Waals surface area contributed by atoms with Crippen molar-refractivity contribution in [3.63, 3.8) is 0 Å². The van der Waals surface area contributed by atoms with Crippen LogP contribution >= 0.6 is 0 Å². The molecule has 2 heterocycles. The molecule has 1 aromatic carbocycles. The third kappa shape index (κ3) is 4.52. The first-order chi connectivity index (χ1) is 12.1. The molecule has 7 heteroatoms. The summed E-state index contributed by atoms with van der Waals surface area (Å²) in [4.78, 5) is 27.8. The first-order valence-electron chi connectivity index (χ1n) is 8.45. The highest BCUT2D eigenvalue weighted by atomic mass is 16.2. The molecular weight excluding hydrogens is 318 g/mol. The summed E-state index contributed by atoms with van der Waals surface area (Å²) in [6, 6.07) is 13.5. The summed E-state index contributed by atoms with van der Waals surface area (Å²) in [6.45, 7) is 4.25. The second-order valence-electron chi connectivity index (χ2n) is 6.29. The molecule has 0 saturated carbocycles. The smallest absolute Gasteiger partial charge is 0.271 e. The second-order valence-corrected chi connectivity index (χ2v) is 6.29. The van der Waals surface area contributed by atoms with Crippen LogP contribution in [-0.4, -0.2) is 65.7 Å². The van der Waals surface area contributed by atoms with Gasteiger partial charge in [0.25, 0.3) is 11.5 Å². The molecule has 2 N–H and O–H groups in total. The van der Waals surface area contributed by atoms with Crippen molar-refractivity contribution in [1.82, 2.24) is 25.3 Å². The van der Waals surface area contributed by atoms with Crippen LogP contribution in [0.2, 0.25) is 0 Å². The van der Waals surface area contributed by atoms with E-state index in [4.69, 9.17) is 0 Å². The Labute approximate surface area is 146 Å².